The molecule has 0 saturated heterocycles. The highest BCUT2D eigenvalue weighted by Gasteiger charge is 2.25. The van der Waals surface area contributed by atoms with Crippen LogP contribution in [0.4, 0.5) is 5.69 Å². The van der Waals surface area contributed by atoms with Crippen LogP contribution in [-0.2, 0) is 5.41 Å². The average molecular weight is 606 g/mol. The topological polar surface area (TPSA) is 84.3 Å². The van der Waals surface area contributed by atoms with Crippen LogP contribution in [0, 0.1) is 0 Å². The fourth-order valence-electron chi connectivity index (χ4n) is 5.21. The van der Waals surface area contributed by atoms with E-state index in [-0.39, 0.29) is 11.3 Å². The fourth-order valence-corrected chi connectivity index (χ4v) is 5.66. The van der Waals surface area contributed by atoms with Crippen LogP contribution in [-0.4, -0.2) is 32.3 Å². The first-order valence-electron chi connectivity index (χ1n) is 16.1. The normalized spacial score (nSPS) is 11.7. The largest absolute Gasteiger partial charge is 0.494 e. The summed E-state index contributed by atoms with van der Waals surface area (Å²) in [5.41, 5.74) is 3.29. The fraction of sp³-hybridized carbons (Fsp3) is 0.514. The van der Waals surface area contributed by atoms with E-state index in [1.54, 1.807) is 12.1 Å². The second kappa shape index (κ2) is 15.9. The number of carbonyl (C=O) groups is 1. The van der Waals surface area contributed by atoms with Crippen molar-refractivity contribution in [2.45, 2.75) is 110 Å². The molecule has 4 aromatic rings. The van der Waals surface area contributed by atoms with Gasteiger partial charge in [0.05, 0.1) is 12.3 Å². The Morgan fingerprint density at radius 1 is 0.884 bits per heavy atom. The van der Waals surface area contributed by atoms with Crippen LogP contribution in [0.3, 0.4) is 0 Å². The molecular formula is C35H48ClN5O2. The van der Waals surface area contributed by atoms with Crippen molar-refractivity contribution in [1.29, 1.82) is 0 Å². The zero-order valence-electron chi connectivity index (χ0n) is 26.3. The summed E-state index contributed by atoms with van der Waals surface area (Å²) in [6.45, 7) is 9.13. The molecule has 2 heterocycles. The summed E-state index contributed by atoms with van der Waals surface area (Å²) in [6.07, 6.45) is 15.8. The maximum Gasteiger partial charge on any atom is 0.255 e. The van der Waals surface area contributed by atoms with Gasteiger partial charge in [-0.05, 0) is 36.8 Å². The lowest BCUT2D eigenvalue weighted by Gasteiger charge is -2.14. The van der Waals surface area contributed by atoms with E-state index in [0.29, 0.717) is 34.4 Å². The Morgan fingerprint density at radius 2 is 1.53 bits per heavy atom. The number of unbranched alkanes of at least 4 members (excludes halogenated alkanes) is 11. The van der Waals surface area contributed by atoms with Crippen LogP contribution >= 0.6 is 11.6 Å². The Kier molecular flexibility index (Phi) is 12.1. The Bertz CT molecular complexity index is 1450. The van der Waals surface area contributed by atoms with Gasteiger partial charge < -0.3 is 15.0 Å². The number of hydrogen-bond donors (Lipinski definition) is 2. The van der Waals surface area contributed by atoms with Gasteiger partial charge in [-0.25, -0.2) is 0 Å². The lowest BCUT2D eigenvalue weighted by Crippen LogP contribution is -2.13. The summed E-state index contributed by atoms with van der Waals surface area (Å²) in [6, 6.07) is 14.9. The zero-order chi connectivity index (χ0) is 30.7. The van der Waals surface area contributed by atoms with Gasteiger partial charge in [-0.1, -0.05) is 128 Å². The number of amides is 1. The van der Waals surface area contributed by atoms with Gasteiger partial charge in [0.2, 0.25) is 0 Å². The van der Waals surface area contributed by atoms with E-state index >= 15 is 0 Å². The standard InChI is InChI=1S/C35H48ClN5O2/c1-5-6-7-8-9-10-11-12-13-14-15-16-23-43-29-22-18-20-27(25-29)34(42)37-28-21-17-19-26(24-28)32-38-33-30(36)31(35(2,3)4)39-41(33)40-32/h17-22,24-25H,5-16,23H2,1-4H3,(H,37,42)(H,38,40). The van der Waals surface area contributed by atoms with Crippen molar-refractivity contribution in [3.8, 4) is 17.1 Å². The molecule has 0 atom stereocenters. The lowest BCUT2D eigenvalue weighted by molar-refractivity contribution is 0.102. The number of ether oxygens (including phenoxy) is 1. The number of rotatable bonds is 17. The van der Waals surface area contributed by atoms with Gasteiger partial charge in [0, 0.05) is 22.2 Å². The molecule has 43 heavy (non-hydrogen) atoms. The van der Waals surface area contributed by atoms with E-state index < -0.39 is 0 Å². The molecule has 2 aromatic carbocycles. The van der Waals surface area contributed by atoms with E-state index in [2.05, 4.69) is 48.2 Å². The summed E-state index contributed by atoms with van der Waals surface area (Å²) in [5.74, 6) is 1.14. The van der Waals surface area contributed by atoms with Gasteiger partial charge in [-0.15, -0.1) is 9.73 Å². The van der Waals surface area contributed by atoms with Crippen LogP contribution in [0.25, 0.3) is 17.0 Å². The average Bonchev–Trinajstić information content (AvgIpc) is 3.55. The minimum absolute atomic E-state index is 0.190. The molecule has 0 unspecified atom stereocenters. The number of anilines is 1. The Hall–Kier alpha value is -3.32. The second-order valence-corrected chi connectivity index (χ2v) is 12.9. The number of halogens is 1. The number of aromatic nitrogens is 4. The molecule has 7 nitrogen and oxygen atoms in total. The van der Waals surface area contributed by atoms with Crippen LogP contribution in [0.15, 0.2) is 48.5 Å². The summed E-state index contributed by atoms with van der Waals surface area (Å²) in [5, 5.41) is 12.7. The van der Waals surface area contributed by atoms with Gasteiger partial charge in [-0.3, -0.25) is 4.79 Å². The SMILES string of the molecule is CCCCCCCCCCCCCCOc1cccc(C(=O)Nc2cccc(-c3nn4nc(C(C)(C)C)c(Cl)c4[nH]3)c2)c1. The number of nitrogens with one attached hydrogen (secondary N) is 2. The maximum atomic E-state index is 13.1. The minimum Gasteiger partial charge on any atom is -0.494 e. The van der Waals surface area contributed by atoms with Crippen molar-refractivity contribution in [2.75, 3.05) is 11.9 Å². The summed E-state index contributed by atoms with van der Waals surface area (Å²) in [4.78, 5) is 16.3. The molecule has 0 aliphatic carbocycles. The highest BCUT2D eigenvalue weighted by Crippen LogP contribution is 2.32. The molecule has 0 aliphatic rings. The summed E-state index contributed by atoms with van der Waals surface area (Å²) < 4.78 is 7.50. The van der Waals surface area contributed by atoms with E-state index in [4.69, 9.17) is 16.3 Å². The van der Waals surface area contributed by atoms with Gasteiger partial charge in [0.1, 0.15) is 10.8 Å². The third-order valence-corrected chi connectivity index (χ3v) is 8.07. The number of carbonyl (C=O) groups excluding carboxylic acids is 1. The van der Waals surface area contributed by atoms with Gasteiger partial charge in [0.25, 0.3) is 5.91 Å². The van der Waals surface area contributed by atoms with Crippen LogP contribution in [0.2, 0.25) is 5.02 Å². The Morgan fingerprint density at radius 3 is 2.19 bits per heavy atom. The molecule has 0 aliphatic heterocycles. The second-order valence-electron chi connectivity index (χ2n) is 12.5. The zero-order valence-corrected chi connectivity index (χ0v) is 27.1. The van der Waals surface area contributed by atoms with E-state index in [1.807, 2.05) is 36.4 Å². The van der Waals surface area contributed by atoms with Crippen molar-refractivity contribution < 1.29 is 9.53 Å². The monoisotopic (exact) mass is 605 g/mol. The predicted octanol–water partition coefficient (Wildman–Crippen LogP) is 10.0. The van der Waals surface area contributed by atoms with E-state index in [0.717, 1.165) is 23.4 Å². The van der Waals surface area contributed by atoms with Crippen molar-refractivity contribution in [2.24, 2.45) is 0 Å². The highest BCUT2D eigenvalue weighted by molar-refractivity contribution is 6.34. The van der Waals surface area contributed by atoms with Gasteiger partial charge in [0.15, 0.2) is 11.5 Å². The number of fused-ring (bicyclic) bond motifs is 1. The van der Waals surface area contributed by atoms with Gasteiger partial charge in [-0.2, -0.15) is 5.10 Å². The Balaban J connectivity index is 1.21. The first-order chi connectivity index (χ1) is 20.8. The highest BCUT2D eigenvalue weighted by atomic mass is 35.5. The van der Waals surface area contributed by atoms with Gasteiger partial charge >= 0.3 is 0 Å². The van der Waals surface area contributed by atoms with Crippen molar-refractivity contribution in [3.05, 3.63) is 64.8 Å². The first-order valence-corrected chi connectivity index (χ1v) is 16.4. The number of benzene rings is 2. The minimum atomic E-state index is -0.194. The quantitative estimate of drug-likeness (QED) is 0.117. The van der Waals surface area contributed by atoms with Crippen molar-refractivity contribution in [3.63, 3.8) is 0 Å². The molecule has 0 fully saturated rings. The molecule has 2 aromatic heterocycles. The summed E-state index contributed by atoms with van der Waals surface area (Å²) in [7, 11) is 0. The van der Waals surface area contributed by atoms with E-state index in [1.165, 1.54) is 75.3 Å². The predicted molar refractivity (Wildman–Crippen MR) is 177 cm³/mol. The van der Waals surface area contributed by atoms with Crippen LogP contribution in [0.5, 0.6) is 5.75 Å². The van der Waals surface area contributed by atoms with Crippen molar-refractivity contribution >= 4 is 28.8 Å². The molecular weight excluding hydrogens is 558 g/mol. The molecule has 8 heteroatoms. The Labute approximate surface area is 261 Å². The maximum absolute atomic E-state index is 13.1. The molecule has 2 N–H and O–H groups in total. The smallest absolute Gasteiger partial charge is 0.255 e. The number of hydrogen-bond acceptors (Lipinski definition) is 4. The molecule has 0 bridgehead atoms. The van der Waals surface area contributed by atoms with E-state index in [9.17, 15) is 4.79 Å². The molecule has 4 rings (SSSR count). The molecule has 0 radical (unpaired) electrons. The third kappa shape index (κ3) is 9.59. The van der Waals surface area contributed by atoms with Crippen molar-refractivity contribution in [1.82, 2.24) is 19.8 Å². The summed E-state index contributed by atoms with van der Waals surface area (Å²) >= 11 is 6.59. The number of H-pyrrole nitrogens is 1. The number of aromatic amines is 1. The molecule has 1 amide bonds. The first kappa shape index (κ1) is 32.6. The van der Waals surface area contributed by atoms with Crippen LogP contribution in [0.1, 0.15) is 121 Å². The number of nitrogens with zero attached hydrogens (tertiary/aromatic N) is 3. The molecule has 232 valence electrons. The lowest BCUT2D eigenvalue weighted by atomic mass is 9.92. The van der Waals surface area contributed by atoms with Crippen LogP contribution < -0.4 is 10.1 Å². The third-order valence-electron chi connectivity index (χ3n) is 7.71. The molecule has 0 spiro atoms. The molecule has 0 saturated carbocycles.